The fourth-order valence-electron chi connectivity index (χ4n) is 5.93. The summed E-state index contributed by atoms with van der Waals surface area (Å²) in [7, 11) is 0. The number of amides is 2. The number of ether oxygens (including phenoxy) is 2. The first-order valence-electron chi connectivity index (χ1n) is 17.0. The first kappa shape index (κ1) is 34.9. The highest BCUT2D eigenvalue weighted by Crippen LogP contribution is 2.40. The fourth-order valence-corrected chi connectivity index (χ4v) is 6.84. The van der Waals surface area contributed by atoms with Crippen molar-refractivity contribution >= 4 is 17.8 Å². The van der Waals surface area contributed by atoms with Gasteiger partial charge in [-0.25, -0.2) is 4.79 Å². The van der Waals surface area contributed by atoms with Gasteiger partial charge in [0.2, 0.25) is 5.16 Å². The summed E-state index contributed by atoms with van der Waals surface area (Å²) in [5.74, 6) is 0.743. The Morgan fingerprint density at radius 2 is 1.48 bits per heavy atom. The van der Waals surface area contributed by atoms with E-state index in [0.29, 0.717) is 30.4 Å². The third kappa shape index (κ3) is 8.85. The third-order valence-electron chi connectivity index (χ3n) is 8.74. The number of nitrogens with zero attached hydrogens (tertiary/aromatic N) is 4. The largest absolute Gasteiger partial charge is 0.508 e. The van der Waals surface area contributed by atoms with Crippen LogP contribution >= 0.6 is 11.8 Å². The van der Waals surface area contributed by atoms with Crippen LogP contribution in [0, 0.1) is 0 Å². The molecule has 1 aliphatic rings. The number of hydrogen-bond acceptors (Lipinski definition) is 9. The topological polar surface area (TPSA) is 144 Å². The average molecular weight is 715 g/mol. The number of aromatic hydroxyl groups is 1. The van der Waals surface area contributed by atoms with E-state index in [9.17, 15) is 15.0 Å². The molecule has 6 aromatic rings. The van der Waals surface area contributed by atoms with Crippen LogP contribution in [0.2, 0.25) is 0 Å². The third-order valence-corrected chi connectivity index (χ3v) is 9.79. The lowest BCUT2D eigenvalue weighted by Gasteiger charge is -2.36. The molecule has 52 heavy (non-hydrogen) atoms. The number of nitrogens with one attached hydrogen (secondary N) is 2. The van der Waals surface area contributed by atoms with Crippen molar-refractivity contribution in [1.29, 1.82) is 0 Å². The Morgan fingerprint density at radius 1 is 0.769 bits per heavy atom. The maximum absolute atomic E-state index is 12.4. The molecule has 1 saturated heterocycles. The smallest absolute Gasteiger partial charge is 0.315 e. The van der Waals surface area contributed by atoms with Gasteiger partial charge in [-0.3, -0.25) is 0 Å². The highest BCUT2D eigenvalue weighted by molar-refractivity contribution is 7.99. The summed E-state index contributed by atoms with van der Waals surface area (Å²) >= 11 is 1.49. The second kappa shape index (κ2) is 16.7. The predicted octanol–water partition coefficient (Wildman–Crippen LogP) is 6.86. The average Bonchev–Trinajstić information content (AvgIpc) is 3.68. The molecule has 0 aliphatic carbocycles. The zero-order chi connectivity index (χ0) is 35.7. The van der Waals surface area contributed by atoms with E-state index in [-0.39, 0.29) is 30.6 Å². The van der Waals surface area contributed by atoms with Gasteiger partial charge in [0.25, 0.3) is 0 Å². The predicted molar refractivity (Wildman–Crippen MR) is 197 cm³/mol. The van der Waals surface area contributed by atoms with Gasteiger partial charge in [-0.05, 0) is 74.1 Å². The zero-order valence-corrected chi connectivity index (χ0v) is 29.0. The van der Waals surface area contributed by atoms with Gasteiger partial charge in [-0.1, -0.05) is 109 Å². The van der Waals surface area contributed by atoms with E-state index in [1.807, 2.05) is 84.9 Å². The zero-order valence-electron chi connectivity index (χ0n) is 28.2. The number of tetrazole rings is 1. The van der Waals surface area contributed by atoms with E-state index in [4.69, 9.17) is 9.47 Å². The van der Waals surface area contributed by atoms with E-state index in [0.717, 1.165) is 44.6 Å². The molecule has 4 N–H and O–H groups in total. The van der Waals surface area contributed by atoms with Crippen molar-refractivity contribution in [2.75, 3.05) is 5.75 Å². The Hall–Kier alpha value is -5.53. The highest BCUT2D eigenvalue weighted by Gasteiger charge is 2.32. The number of aromatic nitrogens is 4. The number of benzene rings is 5. The molecule has 264 valence electrons. The summed E-state index contributed by atoms with van der Waals surface area (Å²) in [5, 5.41) is 38.0. The molecular formula is C40H38N6O5S. The molecule has 2 heterocycles. The number of carbonyl (C=O) groups is 1. The van der Waals surface area contributed by atoms with Gasteiger partial charge in [0.1, 0.15) is 5.75 Å². The number of carbonyl (C=O) groups excluding carboxylic acids is 1. The monoisotopic (exact) mass is 714 g/mol. The molecule has 0 saturated carbocycles. The van der Waals surface area contributed by atoms with E-state index >= 15 is 0 Å². The van der Waals surface area contributed by atoms with Crippen molar-refractivity contribution in [3.8, 4) is 22.6 Å². The standard InChI is InChI=1S/C40H38N6O5S/c47-25-28-9-11-31(12-10-28)37-22-36(26-52-40-43-44-45-46(40)34-17-19-35(48)20-18-34)50-38(51-37)32-15-13-30(14-16-32)33-8-4-7-29(21-33)24-42-39(49)41-23-27-5-2-1-3-6-27/h1-21,36-38,47-48H,22-26H2,(H2,41,42,49)/t36-,37+,38+/m1/s1. The lowest BCUT2D eigenvalue weighted by Crippen LogP contribution is -2.34. The minimum absolute atomic E-state index is 0.0254. The van der Waals surface area contributed by atoms with Gasteiger partial charge < -0.3 is 30.3 Å². The lowest BCUT2D eigenvalue weighted by molar-refractivity contribution is -0.245. The van der Waals surface area contributed by atoms with Crippen LogP contribution in [-0.2, 0) is 29.2 Å². The number of aliphatic hydroxyl groups is 1. The summed E-state index contributed by atoms with van der Waals surface area (Å²) in [6.45, 7) is 0.839. The molecular weight excluding hydrogens is 677 g/mol. The van der Waals surface area contributed by atoms with Crippen LogP contribution in [0.3, 0.4) is 0 Å². The molecule has 2 amide bonds. The van der Waals surface area contributed by atoms with Gasteiger partial charge in [-0.2, -0.15) is 4.68 Å². The number of aliphatic hydroxyl groups excluding tert-OH is 1. The van der Waals surface area contributed by atoms with Crippen LogP contribution in [0.5, 0.6) is 5.75 Å². The SMILES string of the molecule is O=C(NCc1ccccc1)NCc1cccc(-c2ccc([C@H]3O[C@@H](CSc4nnnn4-c4ccc(O)cc4)C[C@@H](c4ccc(CO)cc4)O3)cc2)c1. The minimum atomic E-state index is -0.617. The Labute approximate surface area is 305 Å². The van der Waals surface area contributed by atoms with E-state index in [1.54, 1.807) is 28.9 Å². The number of thioether (sulfide) groups is 1. The van der Waals surface area contributed by atoms with Crippen LogP contribution in [0.15, 0.2) is 133 Å². The molecule has 0 bridgehead atoms. The Morgan fingerprint density at radius 3 is 2.23 bits per heavy atom. The molecule has 1 aromatic heterocycles. The van der Waals surface area contributed by atoms with Crippen molar-refractivity contribution < 1.29 is 24.5 Å². The molecule has 0 unspecified atom stereocenters. The summed E-state index contributed by atoms with van der Waals surface area (Å²) < 4.78 is 14.8. The van der Waals surface area contributed by atoms with Crippen LogP contribution in [0.25, 0.3) is 16.8 Å². The van der Waals surface area contributed by atoms with Crippen molar-refractivity contribution in [3.63, 3.8) is 0 Å². The van der Waals surface area contributed by atoms with Gasteiger partial charge >= 0.3 is 6.03 Å². The minimum Gasteiger partial charge on any atom is -0.508 e. The van der Waals surface area contributed by atoms with Gasteiger partial charge in [-0.15, -0.1) is 5.10 Å². The molecule has 1 fully saturated rings. The number of phenols is 1. The number of urea groups is 1. The van der Waals surface area contributed by atoms with Crippen molar-refractivity contribution in [2.45, 2.75) is 49.8 Å². The molecule has 3 atom stereocenters. The molecule has 12 heteroatoms. The molecule has 11 nitrogen and oxygen atoms in total. The summed E-state index contributed by atoms with van der Waals surface area (Å²) in [5.41, 5.74) is 7.55. The van der Waals surface area contributed by atoms with Gasteiger partial charge in [0.15, 0.2) is 6.29 Å². The number of hydrogen-bond donors (Lipinski definition) is 4. The second-order valence-electron chi connectivity index (χ2n) is 12.4. The van der Waals surface area contributed by atoms with E-state index < -0.39 is 6.29 Å². The summed E-state index contributed by atoms with van der Waals surface area (Å²) in [6, 6.07) is 40.3. The van der Waals surface area contributed by atoms with Crippen LogP contribution in [0.1, 0.15) is 46.6 Å². The molecule has 0 radical (unpaired) electrons. The van der Waals surface area contributed by atoms with Crippen LogP contribution in [-0.4, -0.2) is 48.3 Å². The number of rotatable bonds is 12. The van der Waals surface area contributed by atoms with Gasteiger partial charge in [0, 0.05) is 30.8 Å². The van der Waals surface area contributed by atoms with Crippen molar-refractivity contribution in [2.24, 2.45) is 0 Å². The Balaban J connectivity index is 1.02. The molecule has 5 aromatic carbocycles. The fraction of sp³-hybridized carbons (Fsp3) is 0.200. The lowest BCUT2D eigenvalue weighted by atomic mass is 9.99. The maximum atomic E-state index is 12.4. The maximum Gasteiger partial charge on any atom is 0.315 e. The van der Waals surface area contributed by atoms with E-state index in [1.165, 1.54) is 11.8 Å². The quantitative estimate of drug-likeness (QED) is 0.1000. The van der Waals surface area contributed by atoms with Crippen LogP contribution < -0.4 is 10.6 Å². The van der Waals surface area contributed by atoms with Crippen LogP contribution in [0.4, 0.5) is 4.79 Å². The first-order chi connectivity index (χ1) is 25.5. The number of phenolic OH excluding ortho intramolecular Hbond substituents is 1. The normalized spacial score (nSPS) is 17.1. The Bertz CT molecular complexity index is 2060. The molecule has 0 spiro atoms. The summed E-state index contributed by atoms with van der Waals surface area (Å²) in [4.78, 5) is 12.4. The second-order valence-corrected chi connectivity index (χ2v) is 13.4. The first-order valence-corrected chi connectivity index (χ1v) is 18.0. The summed E-state index contributed by atoms with van der Waals surface area (Å²) in [6.07, 6.45) is -0.427. The highest BCUT2D eigenvalue weighted by atomic mass is 32.2. The Kier molecular flexibility index (Phi) is 11.2. The molecule has 7 rings (SSSR count). The van der Waals surface area contributed by atoms with Crippen molar-refractivity contribution in [3.05, 3.63) is 155 Å². The van der Waals surface area contributed by atoms with E-state index in [2.05, 4.69) is 44.4 Å². The molecule has 1 aliphatic heterocycles. The van der Waals surface area contributed by atoms with Gasteiger partial charge in [0.05, 0.1) is 24.5 Å². The van der Waals surface area contributed by atoms with Crippen molar-refractivity contribution in [1.82, 2.24) is 30.8 Å².